The van der Waals surface area contributed by atoms with Crippen LogP contribution in [0.5, 0.6) is 0 Å². The lowest BCUT2D eigenvalue weighted by atomic mass is 10.1. The Kier molecular flexibility index (Phi) is 7.33. The first kappa shape index (κ1) is 23.5. The lowest BCUT2D eigenvalue weighted by Gasteiger charge is -2.26. The third kappa shape index (κ3) is 5.55. The number of halogens is 1. The van der Waals surface area contributed by atoms with Crippen LogP contribution in [0.1, 0.15) is 27.6 Å². The molecule has 32 heavy (non-hydrogen) atoms. The van der Waals surface area contributed by atoms with Crippen molar-refractivity contribution in [1.29, 1.82) is 0 Å². The third-order valence-corrected chi connectivity index (χ3v) is 6.53. The van der Waals surface area contributed by atoms with Gasteiger partial charge in [-0.25, -0.2) is 17.6 Å². The Bertz CT molecular complexity index is 1130. The predicted octanol–water partition coefficient (Wildman–Crippen LogP) is 1.84. The summed E-state index contributed by atoms with van der Waals surface area (Å²) in [5.74, 6) is -2.72. The number of carbonyl (C=O) groups is 3. The number of amides is 1. The average Bonchev–Trinajstić information content (AvgIpc) is 2.78. The number of nitrogens with zero attached hydrogens (tertiary/aromatic N) is 1. The second-order valence-corrected chi connectivity index (χ2v) is 8.83. The smallest absolute Gasteiger partial charge is 0.338 e. The van der Waals surface area contributed by atoms with Gasteiger partial charge in [0.1, 0.15) is 10.7 Å². The quantitative estimate of drug-likeness (QED) is 0.491. The van der Waals surface area contributed by atoms with Crippen LogP contribution < -0.4 is 5.32 Å². The molecule has 0 radical (unpaired) electrons. The molecular weight excluding hydrogens is 443 g/mol. The summed E-state index contributed by atoms with van der Waals surface area (Å²) in [7, 11) is -4.16. The number of Topliss-reactive ketones (excluding diaryl/α,β-unsaturated/α-hetero) is 1. The fourth-order valence-electron chi connectivity index (χ4n) is 2.99. The van der Waals surface area contributed by atoms with Crippen LogP contribution in [0.25, 0.3) is 0 Å². The number of benzene rings is 2. The third-order valence-electron chi connectivity index (χ3n) is 4.62. The highest BCUT2D eigenvalue weighted by Crippen LogP contribution is 2.22. The van der Waals surface area contributed by atoms with Crippen LogP contribution in [0.15, 0.2) is 47.4 Å². The molecule has 11 heteroatoms. The van der Waals surface area contributed by atoms with Crippen molar-refractivity contribution < 1.29 is 36.7 Å². The zero-order valence-electron chi connectivity index (χ0n) is 17.2. The van der Waals surface area contributed by atoms with Gasteiger partial charge in [0.2, 0.25) is 15.9 Å². The first-order valence-electron chi connectivity index (χ1n) is 9.64. The standard InChI is InChI=1S/C21H21FN2O7S/c1-14(25)23-17-5-2-15(3-6-17)19(26)13-31-21(27)16-4-7-18(22)20(12-16)32(28,29)24-8-10-30-11-9-24/h2-7,12H,8-11,13H2,1H3,(H,23,25). The molecule has 2 aromatic rings. The molecule has 1 N–H and O–H groups in total. The van der Waals surface area contributed by atoms with Crippen LogP contribution in [-0.4, -0.2) is 63.3 Å². The molecule has 0 bridgehead atoms. The Hall–Kier alpha value is -3.15. The van der Waals surface area contributed by atoms with Crippen LogP contribution in [0.2, 0.25) is 0 Å². The molecule has 9 nitrogen and oxygen atoms in total. The van der Waals surface area contributed by atoms with E-state index < -0.39 is 39.1 Å². The van der Waals surface area contributed by atoms with Crippen LogP contribution in [0.4, 0.5) is 10.1 Å². The van der Waals surface area contributed by atoms with Crippen molar-refractivity contribution in [3.8, 4) is 0 Å². The van der Waals surface area contributed by atoms with Gasteiger partial charge in [-0.3, -0.25) is 9.59 Å². The van der Waals surface area contributed by atoms with E-state index in [2.05, 4.69) is 5.32 Å². The van der Waals surface area contributed by atoms with Gasteiger partial charge in [-0.2, -0.15) is 4.31 Å². The van der Waals surface area contributed by atoms with Gasteiger partial charge in [-0.1, -0.05) is 0 Å². The molecule has 0 unspecified atom stereocenters. The molecule has 0 saturated carbocycles. The van der Waals surface area contributed by atoms with Crippen molar-refractivity contribution in [3.63, 3.8) is 0 Å². The number of anilines is 1. The second-order valence-electron chi connectivity index (χ2n) is 6.92. The average molecular weight is 464 g/mol. The van der Waals surface area contributed by atoms with Gasteiger partial charge in [0.05, 0.1) is 18.8 Å². The number of ketones is 1. The molecule has 1 heterocycles. The van der Waals surface area contributed by atoms with Crippen molar-refractivity contribution in [2.45, 2.75) is 11.8 Å². The first-order valence-corrected chi connectivity index (χ1v) is 11.1. The summed E-state index contributed by atoms with van der Waals surface area (Å²) < 4.78 is 50.9. The Balaban J connectivity index is 1.68. The van der Waals surface area contributed by atoms with E-state index in [1.165, 1.54) is 31.2 Å². The van der Waals surface area contributed by atoms with Crippen molar-refractivity contribution >= 4 is 33.4 Å². The SMILES string of the molecule is CC(=O)Nc1ccc(C(=O)COC(=O)c2ccc(F)c(S(=O)(=O)N3CCOCC3)c2)cc1. The number of nitrogens with one attached hydrogen (secondary N) is 1. The summed E-state index contributed by atoms with van der Waals surface area (Å²) in [4.78, 5) is 35.0. The maximum atomic E-state index is 14.3. The molecule has 170 valence electrons. The number of rotatable bonds is 7. The lowest BCUT2D eigenvalue weighted by Crippen LogP contribution is -2.41. The van der Waals surface area contributed by atoms with E-state index in [9.17, 15) is 27.2 Å². The summed E-state index contributed by atoms with van der Waals surface area (Å²) in [6.45, 7) is 1.29. The van der Waals surface area contributed by atoms with Gasteiger partial charge < -0.3 is 14.8 Å². The van der Waals surface area contributed by atoms with Gasteiger partial charge in [0.15, 0.2) is 12.4 Å². The van der Waals surface area contributed by atoms with Crippen LogP contribution in [0.3, 0.4) is 0 Å². The number of morpholine rings is 1. The molecule has 2 aromatic carbocycles. The Labute approximate surface area is 184 Å². The zero-order chi connectivity index (χ0) is 23.3. The number of hydrogen-bond donors (Lipinski definition) is 1. The van der Waals surface area contributed by atoms with Crippen molar-refractivity contribution in [3.05, 3.63) is 59.4 Å². The molecule has 0 aromatic heterocycles. The topological polar surface area (TPSA) is 119 Å². The molecule has 0 atom stereocenters. The monoisotopic (exact) mass is 464 g/mol. The second kappa shape index (κ2) is 9.98. The maximum absolute atomic E-state index is 14.3. The van der Waals surface area contributed by atoms with E-state index in [1.807, 2.05) is 0 Å². The number of sulfonamides is 1. The highest BCUT2D eigenvalue weighted by Gasteiger charge is 2.30. The van der Waals surface area contributed by atoms with E-state index in [4.69, 9.17) is 9.47 Å². The number of ether oxygens (including phenoxy) is 2. The fraction of sp³-hybridized carbons (Fsp3) is 0.286. The van der Waals surface area contributed by atoms with Gasteiger partial charge >= 0.3 is 5.97 Å². The van der Waals surface area contributed by atoms with E-state index >= 15 is 0 Å². The number of carbonyl (C=O) groups excluding carboxylic acids is 3. The van der Waals surface area contributed by atoms with E-state index in [-0.39, 0.29) is 43.3 Å². The van der Waals surface area contributed by atoms with Crippen molar-refractivity contribution in [1.82, 2.24) is 4.31 Å². The summed E-state index contributed by atoms with van der Waals surface area (Å²) in [6, 6.07) is 8.83. The minimum Gasteiger partial charge on any atom is -0.454 e. The maximum Gasteiger partial charge on any atom is 0.338 e. The minimum atomic E-state index is -4.16. The Morgan fingerprint density at radius 3 is 2.31 bits per heavy atom. The highest BCUT2D eigenvalue weighted by molar-refractivity contribution is 7.89. The Morgan fingerprint density at radius 2 is 1.69 bits per heavy atom. The zero-order valence-corrected chi connectivity index (χ0v) is 18.0. The first-order chi connectivity index (χ1) is 15.2. The van der Waals surface area contributed by atoms with Gasteiger partial charge in [0.25, 0.3) is 0 Å². The fourth-order valence-corrected chi connectivity index (χ4v) is 4.49. The molecule has 3 rings (SSSR count). The largest absolute Gasteiger partial charge is 0.454 e. The molecule has 0 spiro atoms. The molecule has 1 amide bonds. The summed E-state index contributed by atoms with van der Waals surface area (Å²) in [5.41, 5.74) is 0.556. The van der Waals surface area contributed by atoms with E-state index in [0.29, 0.717) is 5.69 Å². The van der Waals surface area contributed by atoms with E-state index in [0.717, 1.165) is 22.5 Å². The molecular formula is C21H21FN2O7S. The van der Waals surface area contributed by atoms with Crippen LogP contribution in [0, 0.1) is 5.82 Å². The Morgan fingerprint density at radius 1 is 1.06 bits per heavy atom. The predicted molar refractivity (Wildman–Crippen MR) is 111 cm³/mol. The van der Waals surface area contributed by atoms with Gasteiger partial charge in [-0.15, -0.1) is 0 Å². The minimum absolute atomic E-state index is 0.0751. The van der Waals surface area contributed by atoms with Crippen molar-refractivity contribution in [2.75, 3.05) is 38.2 Å². The van der Waals surface area contributed by atoms with Gasteiger partial charge in [0, 0.05) is 31.3 Å². The van der Waals surface area contributed by atoms with Crippen LogP contribution >= 0.6 is 0 Å². The number of esters is 1. The molecule has 1 aliphatic rings. The highest BCUT2D eigenvalue weighted by atomic mass is 32.2. The summed E-state index contributed by atoms with van der Waals surface area (Å²) in [6.07, 6.45) is 0. The normalized spacial score (nSPS) is 14.6. The summed E-state index contributed by atoms with van der Waals surface area (Å²) in [5, 5.41) is 2.56. The van der Waals surface area contributed by atoms with E-state index in [1.54, 1.807) is 0 Å². The molecule has 1 aliphatic heterocycles. The lowest BCUT2D eigenvalue weighted by molar-refractivity contribution is -0.114. The molecule has 0 aliphatic carbocycles. The molecule has 1 fully saturated rings. The summed E-state index contributed by atoms with van der Waals surface area (Å²) >= 11 is 0. The molecule has 1 saturated heterocycles. The van der Waals surface area contributed by atoms with Crippen molar-refractivity contribution in [2.24, 2.45) is 0 Å². The van der Waals surface area contributed by atoms with Gasteiger partial charge in [-0.05, 0) is 42.5 Å². The van der Waals surface area contributed by atoms with Crippen LogP contribution in [-0.2, 0) is 24.3 Å². The number of hydrogen-bond acceptors (Lipinski definition) is 7.